The van der Waals surface area contributed by atoms with Gasteiger partial charge in [0, 0.05) is 17.5 Å². The van der Waals surface area contributed by atoms with Crippen molar-refractivity contribution in [2.45, 2.75) is 12.8 Å². The fourth-order valence-corrected chi connectivity index (χ4v) is 2.99. The lowest BCUT2D eigenvalue weighted by Gasteiger charge is -2.20. The van der Waals surface area contributed by atoms with Crippen molar-refractivity contribution in [1.29, 1.82) is 0 Å². The molecule has 6 heteroatoms. The lowest BCUT2D eigenvalue weighted by molar-refractivity contribution is 0.174. The topological polar surface area (TPSA) is 55.4 Å². The van der Waals surface area contributed by atoms with Gasteiger partial charge in [0.15, 0.2) is 23.0 Å². The van der Waals surface area contributed by atoms with Crippen LogP contribution in [0, 0.1) is 0 Å². The molecule has 1 heterocycles. The fourth-order valence-electron chi connectivity index (χ4n) is 2.99. The van der Waals surface area contributed by atoms with Gasteiger partial charge < -0.3 is 28.4 Å². The number of fused-ring (bicyclic) bond motifs is 1. The molecular weight excluding hydrogens is 324 g/mol. The van der Waals surface area contributed by atoms with Crippen LogP contribution < -0.4 is 28.4 Å². The van der Waals surface area contributed by atoms with E-state index in [2.05, 4.69) is 6.92 Å². The minimum Gasteiger partial charge on any atom is -0.496 e. The van der Waals surface area contributed by atoms with Crippen LogP contribution >= 0.6 is 0 Å². The summed E-state index contributed by atoms with van der Waals surface area (Å²) >= 11 is 0. The summed E-state index contributed by atoms with van der Waals surface area (Å²) in [7, 11) is 6.44. The highest BCUT2D eigenvalue weighted by atomic mass is 16.7. The number of rotatable bonds is 6. The molecule has 1 aliphatic heterocycles. The van der Waals surface area contributed by atoms with Crippen LogP contribution in [0.5, 0.6) is 34.5 Å². The second kappa shape index (κ2) is 7.01. The van der Waals surface area contributed by atoms with Gasteiger partial charge >= 0.3 is 0 Å². The first-order valence-corrected chi connectivity index (χ1v) is 7.90. The van der Waals surface area contributed by atoms with Gasteiger partial charge in [-0.05, 0) is 23.8 Å². The van der Waals surface area contributed by atoms with E-state index in [-0.39, 0.29) is 12.7 Å². The normalized spacial score (nSPS) is 13.3. The highest BCUT2D eigenvalue weighted by Crippen LogP contribution is 2.45. The third-order valence-corrected chi connectivity index (χ3v) is 4.38. The van der Waals surface area contributed by atoms with Crippen molar-refractivity contribution in [1.82, 2.24) is 0 Å². The van der Waals surface area contributed by atoms with Crippen LogP contribution in [0.15, 0.2) is 24.3 Å². The number of hydrogen-bond acceptors (Lipinski definition) is 6. The van der Waals surface area contributed by atoms with Gasteiger partial charge in [0.05, 0.1) is 28.4 Å². The minimum absolute atomic E-state index is 0.0122. The molecule has 2 aromatic rings. The first-order chi connectivity index (χ1) is 12.1. The number of ether oxygens (including phenoxy) is 6. The number of benzene rings is 2. The Morgan fingerprint density at radius 1 is 0.760 bits per heavy atom. The largest absolute Gasteiger partial charge is 0.496 e. The standard InChI is InChI=1S/C19H22O6/c1-11(12-6-17(21-3)19(23-5)18(7-12)22-4)13-8-15-16(25-10-24-15)9-14(13)20-2/h6-9,11H,10H2,1-5H3/t11-/m0/s1. The third-order valence-electron chi connectivity index (χ3n) is 4.38. The van der Waals surface area contributed by atoms with Crippen molar-refractivity contribution in [3.8, 4) is 34.5 Å². The van der Waals surface area contributed by atoms with Crippen LogP contribution in [0.1, 0.15) is 24.0 Å². The van der Waals surface area contributed by atoms with Gasteiger partial charge in [-0.3, -0.25) is 0 Å². The molecule has 0 unspecified atom stereocenters. The van der Waals surface area contributed by atoms with Gasteiger partial charge in [-0.2, -0.15) is 0 Å². The zero-order valence-electron chi connectivity index (χ0n) is 15.0. The van der Waals surface area contributed by atoms with Crippen LogP contribution in [-0.4, -0.2) is 35.2 Å². The summed E-state index contributed by atoms with van der Waals surface area (Å²) in [4.78, 5) is 0. The Hall–Kier alpha value is -2.76. The van der Waals surface area contributed by atoms with E-state index in [0.29, 0.717) is 23.0 Å². The van der Waals surface area contributed by atoms with Crippen LogP contribution in [0.3, 0.4) is 0 Å². The molecule has 0 aromatic heterocycles. The number of methoxy groups -OCH3 is 4. The molecular formula is C19H22O6. The van der Waals surface area contributed by atoms with E-state index in [0.717, 1.165) is 22.6 Å². The zero-order chi connectivity index (χ0) is 18.0. The van der Waals surface area contributed by atoms with Crippen LogP contribution in [-0.2, 0) is 0 Å². The average Bonchev–Trinajstić information content (AvgIpc) is 3.12. The molecule has 6 nitrogen and oxygen atoms in total. The maximum absolute atomic E-state index is 5.55. The summed E-state index contributed by atoms with van der Waals surface area (Å²) in [6.45, 7) is 2.31. The molecule has 3 rings (SSSR count). The highest BCUT2D eigenvalue weighted by Gasteiger charge is 2.23. The Morgan fingerprint density at radius 3 is 1.84 bits per heavy atom. The second-order valence-corrected chi connectivity index (χ2v) is 5.63. The smallest absolute Gasteiger partial charge is 0.231 e. The SMILES string of the molecule is COc1cc2c(cc1[C@@H](C)c1cc(OC)c(OC)c(OC)c1)OCO2. The molecule has 0 N–H and O–H groups in total. The molecule has 25 heavy (non-hydrogen) atoms. The van der Waals surface area contributed by atoms with Crippen molar-refractivity contribution < 1.29 is 28.4 Å². The van der Waals surface area contributed by atoms with Crippen LogP contribution in [0.25, 0.3) is 0 Å². The molecule has 0 spiro atoms. The Balaban J connectivity index is 2.08. The lowest BCUT2D eigenvalue weighted by atomic mass is 9.91. The Bertz CT molecular complexity index is 746. The summed E-state index contributed by atoms with van der Waals surface area (Å²) < 4.78 is 32.8. The summed E-state index contributed by atoms with van der Waals surface area (Å²) in [5.41, 5.74) is 1.99. The van der Waals surface area contributed by atoms with Crippen LogP contribution in [0.2, 0.25) is 0 Å². The third kappa shape index (κ3) is 2.99. The quantitative estimate of drug-likeness (QED) is 0.797. The minimum atomic E-state index is 0.0122. The van der Waals surface area contributed by atoms with E-state index in [1.54, 1.807) is 28.4 Å². The van der Waals surface area contributed by atoms with Gasteiger partial charge in [-0.15, -0.1) is 0 Å². The van der Waals surface area contributed by atoms with Gasteiger partial charge in [0.2, 0.25) is 12.5 Å². The molecule has 0 saturated heterocycles. The van der Waals surface area contributed by atoms with Crippen molar-refractivity contribution >= 4 is 0 Å². The van der Waals surface area contributed by atoms with E-state index in [1.165, 1.54) is 0 Å². The predicted octanol–water partition coefficient (Wildman–Crippen LogP) is 3.60. The zero-order valence-corrected chi connectivity index (χ0v) is 15.0. The van der Waals surface area contributed by atoms with E-state index >= 15 is 0 Å². The molecule has 1 atom stereocenters. The van der Waals surface area contributed by atoms with Crippen LogP contribution in [0.4, 0.5) is 0 Å². The van der Waals surface area contributed by atoms with Gasteiger partial charge in [0.25, 0.3) is 0 Å². The average molecular weight is 346 g/mol. The van der Waals surface area contributed by atoms with E-state index in [1.807, 2.05) is 24.3 Å². The lowest BCUT2D eigenvalue weighted by Crippen LogP contribution is -2.03. The summed E-state index contributed by atoms with van der Waals surface area (Å²) in [5, 5.41) is 0. The Morgan fingerprint density at radius 2 is 1.32 bits per heavy atom. The van der Waals surface area contributed by atoms with Crippen molar-refractivity contribution in [2.75, 3.05) is 35.2 Å². The molecule has 0 amide bonds. The second-order valence-electron chi connectivity index (χ2n) is 5.63. The predicted molar refractivity (Wildman–Crippen MR) is 92.7 cm³/mol. The Kier molecular flexibility index (Phi) is 4.79. The molecule has 0 bridgehead atoms. The van der Waals surface area contributed by atoms with Gasteiger partial charge in [-0.1, -0.05) is 6.92 Å². The summed E-state index contributed by atoms with van der Waals surface area (Å²) in [6, 6.07) is 7.69. The molecule has 0 saturated carbocycles. The molecule has 0 fully saturated rings. The van der Waals surface area contributed by atoms with Crippen molar-refractivity contribution in [3.05, 3.63) is 35.4 Å². The van der Waals surface area contributed by atoms with E-state index in [4.69, 9.17) is 28.4 Å². The Labute approximate surface area is 147 Å². The molecule has 1 aliphatic rings. The highest BCUT2D eigenvalue weighted by molar-refractivity contribution is 5.58. The molecule has 0 radical (unpaired) electrons. The molecule has 0 aliphatic carbocycles. The molecule has 2 aromatic carbocycles. The number of hydrogen-bond donors (Lipinski definition) is 0. The fraction of sp³-hybridized carbons (Fsp3) is 0.368. The van der Waals surface area contributed by atoms with Gasteiger partial charge in [-0.25, -0.2) is 0 Å². The van der Waals surface area contributed by atoms with E-state index in [9.17, 15) is 0 Å². The van der Waals surface area contributed by atoms with E-state index < -0.39 is 0 Å². The van der Waals surface area contributed by atoms with Crippen molar-refractivity contribution in [3.63, 3.8) is 0 Å². The van der Waals surface area contributed by atoms with Crippen molar-refractivity contribution in [2.24, 2.45) is 0 Å². The first-order valence-electron chi connectivity index (χ1n) is 7.90. The maximum atomic E-state index is 5.55. The first kappa shape index (κ1) is 17.1. The summed E-state index contributed by atoms with van der Waals surface area (Å²) in [5.74, 6) is 3.96. The molecule has 134 valence electrons. The van der Waals surface area contributed by atoms with Gasteiger partial charge in [0.1, 0.15) is 5.75 Å². The monoisotopic (exact) mass is 346 g/mol. The summed E-state index contributed by atoms with van der Waals surface area (Å²) in [6.07, 6.45) is 0. The maximum Gasteiger partial charge on any atom is 0.231 e.